The monoisotopic (exact) mass is 492 g/mol. The van der Waals surface area contributed by atoms with Gasteiger partial charge in [-0.25, -0.2) is 0 Å². The van der Waals surface area contributed by atoms with Crippen LogP contribution in [0.4, 0.5) is 22.0 Å². The van der Waals surface area contributed by atoms with Crippen molar-refractivity contribution >= 4 is 5.91 Å². The summed E-state index contributed by atoms with van der Waals surface area (Å²) >= 11 is 0. The van der Waals surface area contributed by atoms with Crippen molar-refractivity contribution in [2.45, 2.75) is 38.1 Å². The minimum absolute atomic E-state index is 0.0583. The number of halogens is 5. The molecule has 2 atom stereocenters. The third kappa shape index (κ3) is 7.26. The largest absolute Gasteiger partial charge is 0.435 e. The zero-order chi connectivity index (χ0) is 25.6. The first kappa shape index (κ1) is 26.2. The number of hydrogen-bond donors (Lipinski definition) is 2. The minimum Gasteiger partial charge on any atom is -0.435 e. The lowest BCUT2D eigenvalue weighted by molar-refractivity contribution is -0.137. The number of nitrogens with two attached hydrogens (primary N) is 1. The average molecular weight is 492 g/mol. The fourth-order valence-electron chi connectivity index (χ4n) is 3.85. The summed E-state index contributed by atoms with van der Waals surface area (Å²) < 4.78 is 69.0. The van der Waals surface area contributed by atoms with Gasteiger partial charge in [0.05, 0.1) is 5.56 Å². The van der Waals surface area contributed by atoms with Crippen LogP contribution in [-0.2, 0) is 11.0 Å². The predicted molar refractivity (Wildman–Crippen MR) is 122 cm³/mol. The van der Waals surface area contributed by atoms with Gasteiger partial charge in [0.15, 0.2) is 0 Å². The number of aryl methyl sites for hydroxylation is 1. The first-order chi connectivity index (χ1) is 16.5. The van der Waals surface area contributed by atoms with Crippen LogP contribution >= 0.6 is 0 Å². The quantitative estimate of drug-likeness (QED) is 0.344. The number of amides is 1. The highest BCUT2D eigenvalue weighted by molar-refractivity contribution is 5.81. The number of carbonyl (C=O) groups is 1. The van der Waals surface area contributed by atoms with E-state index in [1.165, 1.54) is 30.3 Å². The number of alkyl halides is 5. The molecule has 3 aromatic carbocycles. The molecule has 0 fully saturated rings. The Balaban J connectivity index is 1.85. The fraction of sp³-hybridized carbons (Fsp3) is 0.269. The van der Waals surface area contributed by atoms with E-state index in [-0.39, 0.29) is 12.3 Å². The highest BCUT2D eigenvalue weighted by Gasteiger charge is 2.30. The second-order valence-corrected chi connectivity index (χ2v) is 8.11. The summed E-state index contributed by atoms with van der Waals surface area (Å²) in [5, 5.41) is 3.10. The molecule has 0 aliphatic heterocycles. The molecule has 3 rings (SSSR count). The van der Waals surface area contributed by atoms with Crippen LogP contribution in [0.5, 0.6) is 5.75 Å². The van der Waals surface area contributed by atoms with E-state index in [1.807, 2.05) is 19.1 Å². The first-order valence-electron chi connectivity index (χ1n) is 10.9. The zero-order valence-electron chi connectivity index (χ0n) is 18.9. The van der Waals surface area contributed by atoms with Crippen molar-refractivity contribution in [2.75, 3.05) is 6.54 Å². The number of carbonyl (C=O) groups excluding carboxylic acids is 1. The molecular weight excluding hydrogens is 467 g/mol. The summed E-state index contributed by atoms with van der Waals surface area (Å²) in [5.41, 5.74) is 7.62. The summed E-state index contributed by atoms with van der Waals surface area (Å²) in [6.45, 7) is -0.827. The molecule has 3 N–H and O–H groups in total. The van der Waals surface area contributed by atoms with Crippen LogP contribution in [0.3, 0.4) is 0 Å². The molecule has 0 heterocycles. The van der Waals surface area contributed by atoms with Crippen molar-refractivity contribution in [2.24, 2.45) is 5.73 Å². The molecule has 0 aliphatic carbocycles. The van der Waals surface area contributed by atoms with Crippen molar-refractivity contribution in [1.29, 1.82) is 0 Å². The lowest BCUT2D eigenvalue weighted by Gasteiger charge is -2.22. The topological polar surface area (TPSA) is 64.3 Å². The van der Waals surface area contributed by atoms with Gasteiger partial charge in [0.25, 0.3) is 0 Å². The second kappa shape index (κ2) is 11.3. The van der Waals surface area contributed by atoms with E-state index in [0.29, 0.717) is 23.1 Å². The van der Waals surface area contributed by atoms with Gasteiger partial charge in [-0.05, 0) is 60.8 Å². The molecular formula is C26H25F5N2O2. The summed E-state index contributed by atoms with van der Waals surface area (Å²) in [6.07, 6.45) is -4.14. The van der Waals surface area contributed by atoms with Crippen LogP contribution in [-0.4, -0.2) is 19.1 Å². The van der Waals surface area contributed by atoms with Gasteiger partial charge < -0.3 is 15.8 Å². The molecule has 0 aromatic heterocycles. The van der Waals surface area contributed by atoms with Gasteiger partial charge in [-0.15, -0.1) is 0 Å². The van der Waals surface area contributed by atoms with Crippen molar-refractivity contribution in [3.05, 3.63) is 101 Å². The maximum absolute atomic E-state index is 13.0. The van der Waals surface area contributed by atoms with Crippen molar-refractivity contribution < 1.29 is 31.5 Å². The Morgan fingerprint density at radius 1 is 0.943 bits per heavy atom. The Hall–Kier alpha value is -3.46. The van der Waals surface area contributed by atoms with Gasteiger partial charge in [-0.3, -0.25) is 4.79 Å². The summed E-state index contributed by atoms with van der Waals surface area (Å²) in [6, 6.07) is 17.2. The zero-order valence-corrected chi connectivity index (χ0v) is 18.9. The normalized spacial score (nSPS) is 13.5. The molecule has 0 saturated heterocycles. The molecule has 186 valence electrons. The van der Waals surface area contributed by atoms with Crippen molar-refractivity contribution in [3.8, 4) is 5.75 Å². The van der Waals surface area contributed by atoms with Crippen molar-refractivity contribution in [1.82, 2.24) is 5.32 Å². The summed E-state index contributed by atoms with van der Waals surface area (Å²) in [5.74, 6) is -1.10. The molecule has 35 heavy (non-hydrogen) atoms. The van der Waals surface area contributed by atoms with E-state index in [2.05, 4.69) is 10.1 Å². The van der Waals surface area contributed by atoms with Gasteiger partial charge in [0.2, 0.25) is 5.91 Å². The predicted octanol–water partition coefficient (Wildman–Crippen LogP) is 5.95. The van der Waals surface area contributed by atoms with Gasteiger partial charge in [-0.2, -0.15) is 22.0 Å². The number of benzene rings is 3. The first-order valence-corrected chi connectivity index (χ1v) is 10.9. The Morgan fingerprint density at radius 2 is 1.57 bits per heavy atom. The van der Waals surface area contributed by atoms with Gasteiger partial charge in [0, 0.05) is 5.92 Å². The molecule has 0 aliphatic rings. The smallest absolute Gasteiger partial charge is 0.416 e. The number of primary amides is 1. The fourth-order valence-corrected chi connectivity index (χ4v) is 3.85. The third-order valence-electron chi connectivity index (χ3n) is 5.60. The van der Waals surface area contributed by atoms with Crippen LogP contribution in [0.2, 0.25) is 0 Å². The van der Waals surface area contributed by atoms with E-state index in [4.69, 9.17) is 5.73 Å². The van der Waals surface area contributed by atoms with E-state index in [1.54, 1.807) is 18.2 Å². The van der Waals surface area contributed by atoms with Gasteiger partial charge in [-0.1, -0.05) is 54.1 Å². The second-order valence-electron chi connectivity index (χ2n) is 8.11. The average Bonchev–Trinajstić information content (AvgIpc) is 2.79. The lowest BCUT2D eigenvalue weighted by atomic mass is 9.87. The third-order valence-corrected chi connectivity index (χ3v) is 5.60. The van der Waals surface area contributed by atoms with Crippen LogP contribution in [0, 0.1) is 6.92 Å². The minimum atomic E-state index is -4.48. The highest BCUT2D eigenvalue weighted by Crippen LogP contribution is 2.34. The maximum Gasteiger partial charge on any atom is 0.416 e. The number of ether oxygens (including phenoxy) is 1. The Bertz CT molecular complexity index is 1120. The van der Waals surface area contributed by atoms with Gasteiger partial charge in [0.1, 0.15) is 11.8 Å². The number of hydrogen-bond acceptors (Lipinski definition) is 3. The summed E-state index contributed by atoms with van der Waals surface area (Å²) in [4.78, 5) is 12.0. The molecule has 4 nitrogen and oxygen atoms in total. The molecule has 3 aromatic rings. The van der Waals surface area contributed by atoms with Crippen LogP contribution < -0.4 is 15.8 Å². The number of nitrogens with one attached hydrogen (secondary N) is 1. The van der Waals surface area contributed by atoms with E-state index < -0.39 is 36.2 Å². The molecule has 0 radical (unpaired) electrons. The Kier molecular flexibility index (Phi) is 8.45. The Labute approximate surface area is 199 Å². The molecule has 0 spiro atoms. The number of rotatable bonds is 10. The molecule has 0 bridgehead atoms. The van der Waals surface area contributed by atoms with E-state index in [0.717, 1.165) is 17.7 Å². The maximum atomic E-state index is 13.0. The van der Waals surface area contributed by atoms with Crippen LogP contribution in [0.15, 0.2) is 72.8 Å². The van der Waals surface area contributed by atoms with E-state index in [9.17, 15) is 26.7 Å². The lowest BCUT2D eigenvalue weighted by Crippen LogP contribution is -2.34. The van der Waals surface area contributed by atoms with Crippen LogP contribution in [0.25, 0.3) is 0 Å². The molecule has 9 heteroatoms. The summed E-state index contributed by atoms with van der Waals surface area (Å²) in [7, 11) is 0. The molecule has 0 unspecified atom stereocenters. The SMILES string of the molecule is Cc1ccc([C@H](NCC[C@H](c2ccc(C(F)(F)F)cc2)c2cccc(OC(F)F)c2)C(N)=O)cc1. The Morgan fingerprint density at radius 3 is 2.14 bits per heavy atom. The van der Waals surface area contributed by atoms with Crippen LogP contribution in [0.1, 0.15) is 46.2 Å². The standard InChI is InChI=1S/C26H25F5N2O2/c1-16-5-7-18(8-6-16)23(24(32)34)33-14-13-22(17-9-11-20(12-10-17)26(29,30)31)19-3-2-4-21(15-19)35-25(27)28/h2-12,15,22-23,25,33H,13-14H2,1H3,(H2,32,34)/t22-,23+/m1/s1. The van der Waals surface area contributed by atoms with Crippen molar-refractivity contribution in [3.63, 3.8) is 0 Å². The molecule has 0 saturated carbocycles. The van der Waals surface area contributed by atoms with Gasteiger partial charge >= 0.3 is 12.8 Å². The van der Waals surface area contributed by atoms with E-state index >= 15 is 0 Å². The molecule has 1 amide bonds. The highest BCUT2D eigenvalue weighted by atomic mass is 19.4.